The van der Waals surface area contributed by atoms with Gasteiger partial charge in [-0.2, -0.15) is 0 Å². The molecule has 0 aliphatic heterocycles. The minimum Gasteiger partial charge on any atom is -0.456 e. The van der Waals surface area contributed by atoms with Crippen molar-refractivity contribution >= 4 is 81.3 Å². The number of furan rings is 1. The molecule has 10 aromatic rings. The number of para-hydroxylation sites is 1. The predicted octanol–water partition coefficient (Wildman–Crippen LogP) is 13.9. The Bertz CT molecular complexity index is 2830. The number of fused-ring (bicyclic) bond motifs is 7. The number of anilines is 3. The average molecular weight is 644 g/mol. The lowest BCUT2D eigenvalue weighted by Gasteiger charge is -2.26. The Hall–Kier alpha value is -6.16. The highest BCUT2D eigenvalue weighted by Crippen LogP contribution is 2.46. The number of thiophene rings is 1. The van der Waals surface area contributed by atoms with E-state index in [0.717, 1.165) is 39.0 Å². The van der Waals surface area contributed by atoms with Gasteiger partial charge in [0.25, 0.3) is 0 Å². The second-order valence-corrected chi connectivity index (χ2v) is 13.5. The molecule has 230 valence electrons. The van der Waals surface area contributed by atoms with E-state index in [1.54, 1.807) is 0 Å². The Morgan fingerprint density at radius 2 is 1.12 bits per heavy atom. The first-order chi connectivity index (χ1) is 24.3. The van der Waals surface area contributed by atoms with Crippen molar-refractivity contribution in [2.45, 2.75) is 0 Å². The van der Waals surface area contributed by atoms with E-state index < -0.39 is 0 Å². The molecular formula is C46H29NOS. The van der Waals surface area contributed by atoms with Crippen LogP contribution in [0, 0.1) is 0 Å². The Balaban J connectivity index is 1.18. The molecule has 2 heterocycles. The van der Waals surface area contributed by atoms with Gasteiger partial charge in [0.15, 0.2) is 0 Å². The van der Waals surface area contributed by atoms with E-state index in [1.807, 2.05) is 23.5 Å². The Labute approximate surface area is 287 Å². The molecule has 2 aromatic heterocycles. The van der Waals surface area contributed by atoms with Gasteiger partial charge in [0.05, 0.1) is 10.4 Å². The van der Waals surface area contributed by atoms with Crippen LogP contribution in [-0.2, 0) is 0 Å². The molecule has 0 aliphatic carbocycles. The summed E-state index contributed by atoms with van der Waals surface area (Å²) in [6.45, 7) is 0. The third-order valence-electron chi connectivity index (χ3n) is 9.67. The first-order valence-corrected chi connectivity index (χ1v) is 17.4. The van der Waals surface area contributed by atoms with E-state index in [2.05, 4.69) is 169 Å². The fourth-order valence-corrected chi connectivity index (χ4v) is 8.61. The number of rotatable bonds is 5. The standard InChI is InChI=1S/C46H29NOS/c1-2-12-32(13-3-1)45-35-14-5-4-11-30(35)23-27-36(45)31-21-24-33(25-22-31)47(34-26-28-43-40(29-34)37-15-6-8-19-42(37)48-43)41-18-10-17-39-38-16-7-9-20-44(38)49-46(39)41/h1-29H. The van der Waals surface area contributed by atoms with Crippen LogP contribution in [0.4, 0.5) is 17.1 Å². The monoisotopic (exact) mass is 643 g/mol. The average Bonchev–Trinajstić information content (AvgIpc) is 3.74. The van der Waals surface area contributed by atoms with E-state index in [1.165, 1.54) is 53.2 Å². The number of nitrogens with zero attached hydrogens (tertiary/aromatic N) is 1. The molecule has 0 amide bonds. The van der Waals surface area contributed by atoms with Crippen molar-refractivity contribution in [3.05, 3.63) is 176 Å². The molecule has 2 nitrogen and oxygen atoms in total. The normalized spacial score (nSPS) is 11.7. The van der Waals surface area contributed by atoms with Crippen molar-refractivity contribution < 1.29 is 4.42 Å². The molecule has 0 aliphatic rings. The van der Waals surface area contributed by atoms with Crippen LogP contribution in [-0.4, -0.2) is 0 Å². The largest absolute Gasteiger partial charge is 0.456 e. The molecule has 10 rings (SSSR count). The van der Waals surface area contributed by atoms with Crippen LogP contribution >= 0.6 is 11.3 Å². The summed E-state index contributed by atoms with van der Waals surface area (Å²) in [5.41, 5.74) is 10.0. The van der Waals surface area contributed by atoms with Crippen molar-refractivity contribution in [1.29, 1.82) is 0 Å². The predicted molar refractivity (Wildman–Crippen MR) is 210 cm³/mol. The van der Waals surface area contributed by atoms with Gasteiger partial charge in [0.2, 0.25) is 0 Å². The second kappa shape index (κ2) is 11.2. The molecule has 0 bridgehead atoms. The van der Waals surface area contributed by atoms with Crippen molar-refractivity contribution in [3.63, 3.8) is 0 Å². The summed E-state index contributed by atoms with van der Waals surface area (Å²) >= 11 is 1.85. The van der Waals surface area contributed by atoms with Crippen molar-refractivity contribution in [3.8, 4) is 22.3 Å². The third kappa shape index (κ3) is 4.55. The van der Waals surface area contributed by atoms with E-state index in [9.17, 15) is 0 Å². The maximum Gasteiger partial charge on any atom is 0.135 e. The third-order valence-corrected chi connectivity index (χ3v) is 10.9. The van der Waals surface area contributed by atoms with Gasteiger partial charge in [0, 0.05) is 37.6 Å². The lowest BCUT2D eigenvalue weighted by Crippen LogP contribution is -2.10. The smallest absolute Gasteiger partial charge is 0.135 e. The molecule has 0 saturated heterocycles. The molecule has 0 radical (unpaired) electrons. The van der Waals surface area contributed by atoms with E-state index in [4.69, 9.17) is 4.42 Å². The summed E-state index contributed by atoms with van der Waals surface area (Å²) in [6.07, 6.45) is 0. The van der Waals surface area contributed by atoms with Gasteiger partial charge in [0.1, 0.15) is 11.2 Å². The lowest BCUT2D eigenvalue weighted by molar-refractivity contribution is 0.669. The summed E-state index contributed by atoms with van der Waals surface area (Å²) in [6, 6.07) is 63.3. The van der Waals surface area contributed by atoms with Gasteiger partial charge in [-0.05, 0) is 81.6 Å². The van der Waals surface area contributed by atoms with Crippen molar-refractivity contribution in [2.24, 2.45) is 0 Å². The van der Waals surface area contributed by atoms with Gasteiger partial charge in [-0.25, -0.2) is 0 Å². The summed E-state index contributed by atoms with van der Waals surface area (Å²) in [5, 5.41) is 7.31. The molecule has 0 N–H and O–H groups in total. The van der Waals surface area contributed by atoms with Gasteiger partial charge in [-0.15, -0.1) is 11.3 Å². The first kappa shape index (κ1) is 27.9. The first-order valence-electron chi connectivity index (χ1n) is 16.6. The minimum absolute atomic E-state index is 0.894. The number of hydrogen-bond acceptors (Lipinski definition) is 3. The quantitative estimate of drug-likeness (QED) is 0.186. The lowest BCUT2D eigenvalue weighted by atomic mass is 9.90. The molecular weight excluding hydrogens is 615 g/mol. The molecule has 0 atom stereocenters. The zero-order chi connectivity index (χ0) is 32.3. The van der Waals surface area contributed by atoms with Crippen LogP contribution in [0.5, 0.6) is 0 Å². The molecule has 0 fully saturated rings. The minimum atomic E-state index is 0.894. The van der Waals surface area contributed by atoms with Crippen LogP contribution in [0.3, 0.4) is 0 Å². The Kier molecular flexibility index (Phi) is 6.39. The molecule has 0 spiro atoms. The fraction of sp³-hybridized carbons (Fsp3) is 0. The Morgan fingerprint density at radius 1 is 0.429 bits per heavy atom. The maximum atomic E-state index is 6.24. The molecule has 0 saturated carbocycles. The summed E-state index contributed by atoms with van der Waals surface area (Å²) in [4.78, 5) is 2.40. The van der Waals surface area contributed by atoms with Gasteiger partial charge in [-0.1, -0.05) is 127 Å². The van der Waals surface area contributed by atoms with E-state index >= 15 is 0 Å². The highest BCUT2D eigenvalue weighted by molar-refractivity contribution is 7.26. The SMILES string of the molecule is c1ccc(-c2c(-c3ccc(N(c4ccc5oc6ccccc6c5c4)c4cccc5c4sc4ccccc45)cc3)ccc3ccccc23)cc1. The maximum absolute atomic E-state index is 6.24. The molecule has 0 unspecified atom stereocenters. The Morgan fingerprint density at radius 3 is 2.00 bits per heavy atom. The highest BCUT2D eigenvalue weighted by Gasteiger charge is 2.20. The van der Waals surface area contributed by atoms with Gasteiger partial charge < -0.3 is 9.32 Å². The summed E-state index contributed by atoms with van der Waals surface area (Å²) in [7, 11) is 0. The second-order valence-electron chi connectivity index (χ2n) is 12.5. The molecule has 49 heavy (non-hydrogen) atoms. The van der Waals surface area contributed by atoms with Crippen LogP contribution < -0.4 is 4.90 Å². The van der Waals surface area contributed by atoms with Crippen LogP contribution in [0.1, 0.15) is 0 Å². The zero-order valence-electron chi connectivity index (χ0n) is 26.5. The highest BCUT2D eigenvalue weighted by atomic mass is 32.1. The molecule has 3 heteroatoms. The van der Waals surface area contributed by atoms with Crippen molar-refractivity contribution in [2.75, 3.05) is 4.90 Å². The summed E-state index contributed by atoms with van der Waals surface area (Å²) in [5.74, 6) is 0. The number of hydrogen-bond donors (Lipinski definition) is 0. The van der Waals surface area contributed by atoms with Gasteiger partial charge in [-0.3, -0.25) is 0 Å². The van der Waals surface area contributed by atoms with Gasteiger partial charge >= 0.3 is 0 Å². The van der Waals surface area contributed by atoms with Crippen LogP contribution in [0.15, 0.2) is 180 Å². The van der Waals surface area contributed by atoms with E-state index in [-0.39, 0.29) is 0 Å². The van der Waals surface area contributed by atoms with Crippen LogP contribution in [0.2, 0.25) is 0 Å². The topological polar surface area (TPSA) is 16.4 Å². The summed E-state index contributed by atoms with van der Waals surface area (Å²) < 4.78 is 8.80. The number of benzene rings is 8. The fourth-order valence-electron chi connectivity index (χ4n) is 7.41. The van der Waals surface area contributed by atoms with E-state index in [0.29, 0.717) is 0 Å². The van der Waals surface area contributed by atoms with Crippen LogP contribution in [0.25, 0.3) is 75.1 Å². The van der Waals surface area contributed by atoms with Crippen molar-refractivity contribution in [1.82, 2.24) is 0 Å². The zero-order valence-corrected chi connectivity index (χ0v) is 27.3. The molecule has 8 aromatic carbocycles.